The van der Waals surface area contributed by atoms with Gasteiger partial charge in [-0.15, -0.1) is 0 Å². The van der Waals surface area contributed by atoms with E-state index in [-0.39, 0.29) is 6.10 Å². The molecule has 0 aromatic carbocycles. The van der Waals surface area contributed by atoms with Crippen LogP contribution in [0.25, 0.3) is 0 Å². The predicted octanol–water partition coefficient (Wildman–Crippen LogP) is 3.15. The molecule has 1 aliphatic carbocycles. The van der Waals surface area contributed by atoms with Crippen molar-refractivity contribution >= 4 is 11.6 Å². The second-order valence-electron chi connectivity index (χ2n) is 4.83. The van der Waals surface area contributed by atoms with Gasteiger partial charge in [0.05, 0.1) is 5.02 Å². The molecule has 0 amide bonds. The molecule has 17 heavy (non-hydrogen) atoms. The number of pyridine rings is 1. The third-order valence-corrected chi connectivity index (χ3v) is 3.65. The molecule has 2 N–H and O–H groups in total. The lowest BCUT2D eigenvalue weighted by atomic mass is 9.89. The van der Waals surface area contributed by atoms with Crippen molar-refractivity contribution in [2.45, 2.75) is 45.3 Å². The van der Waals surface area contributed by atoms with E-state index in [0.29, 0.717) is 17.4 Å². The molecule has 0 bridgehead atoms. The van der Waals surface area contributed by atoms with Crippen LogP contribution in [0.2, 0.25) is 5.02 Å². The van der Waals surface area contributed by atoms with E-state index >= 15 is 0 Å². The quantitative estimate of drug-likeness (QED) is 0.902. The van der Waals surface area contributed by atoms with Crippen LogP contribution in [0.15, 0.2) is 12.3 Å². The van der Waals surface area contributed by atoms with Crippen LogP contribution in [0.1, 0.15) is 38.2 Å². The van der Waals surface area contributed by atoms with Gasteiger partial charge in [-0.3, -0.25) is 0 Å². The standard InChI is InChI=1S/C13H19ClN2O/c1-9-3-2-4-11(5-9)17-13-6-10(7-15)12(14)8-16-13/h6,8-9,11H,2-5,7,15H2,1H3. The van der Waals surface area contributed by atoms with Gasteiger partial charge >= 0.3 is 0 Å². The summed E-state index contributed by atoms with van der Waals surface area (Å²) in [6.07, 6.45) is 6.68. The summed E-state index contributed by atoms with van der Waals surface area (Å²) in [6, 6.07) is 1.85. The summed E-state index contributed by atoms with van der Waals surface area (Å²) in [5.41, 5.74) is 6.50. The zero-order chi connectivity index (χ0) is 12.3. The molecule has 0 spiro atoms. The molecule has 4 heteroatoms. The van der Waals surface area contributed by atoms with Crippen molar-refractivity contribution in [3.8, 4) is 5.88 Å². The van der Waals surface area contributed by atoms with E-state index in [1.54, 1.807) is 6.20 Å². The summed E-state index contributed by atoms with van der Waals surface area (Å²) in [5, 5.41) is 0.608. The van der Waals surface area contributed by atoms with Gasteiger partial charge in [-0.1, -0.05) is 24.9 Å². The number of rotatable bonds is 3. The first kappa shape index (κ1) is 12.7. The number of halogens is 1. The minimum atomic E-state index is 0.290. The highest BCUT2D eigenvalue weighted by Gasteiger charge is 2.20. The first-order valence-electron chi connectivity index (χ1n) is 6.20. The molecule has 1 fully saturated rings. The fourth-order valence-electron chi connectivity index (χ4n) is 2.34. The highest BCUT2D eigenvalue weighted by Crippen LogP contribution is 2.27. The maximum Gasteiger partial charge on any atom is 0.213 e. The third kappa shape index (κ3) is 3.33. The topological polar surface area (TPSA) is 48.1 Å². The van der Waals surface area contributed by atoms with Gasteiger partial charge in [0, 0.05) is 18.8 Å². The first-order valence-corrected chi connectivity index (χ1v) is 6.58. The van der Waals surface area contributed by atoms with E-state index in [2.05, 4.69) is 11.9 Å². The van der Waals surface area contributed by atoms with Crippen LogP contribution in [0, 0.1) is 5.92 Å². The summed E-state index contributed by atoms with van der Waals surface area (Å²) < 4.78 is 5.90. The average molecular weight is 255 g/mol. The number of hydrogen-bond donors (Lipinski definition) is 1. The molecule has 0 radical (unpaired) electrons. The van der Waals surface area contributed by atoms with Crippen molar-refractivity contribution in [2.75, 3.05) is 0 Å². The molecule has 1 aliphatic rings. The van der Waals surface area contributed by atoms with Gasteiger partial charge in [0.1, 0.15) is 6.10 Å². The van der Waals surface area contributed by atoms with Crippen LogP contribution in [0.3, 0.4) is 0 Å². The molecule has 2 unspecified atom stereocenters. The Labute approximate surface area is 107 Å². The van der Waals surface area contributed by atoms with Gasteiger partial charge in [0.25, 0.3) is 0 Å². The van der Waals surface area contributed by atoms with Gasteiger partial charge in [-0.2, -0.15) is 0 Å². The smallest absolute Gasteiger partial charge is 0.213 e. The zero-order valence-corrected chi connectivity index (χ0v) is 10.9. The van der Waals surface area contributed by atoms with Crippen molar-refractivity contribution < 1.29 is 4.74 Å². The van der Waals surface area contributed by atoms with E-state index in [1.807, 2.05) is 6.07 Å². The Hall–Kier alpha value is -0.800. The third-order valence-electron chi connectivity index (χ3n) is 3.31. The molecule has 1 saturated carbocycles. The van der Waals surface area contributed by atoms with Crippen LogP contribution in [0.4, 0.5) is 0 Å². The highest BCUT2D eigenvalue weighted by atomic mass is 35.5. The molecular formula is C13H19ClN2O. The monoisotopic (exact) mass is 254 g/mol. The molecule has 1 aromatic rings. The summed E-state index contributed by atoms with van der Waals surface area (Å²) in [4.78, 5) is 4.20. The lowest BCUT2D eigenvalue weighted by molar-refractivity contribution is 0.124. The van der Waals surface area contributed by atoms with E-state index in [9.17, 15) is 0 Å². The largest absolute Gasteiger partial charge is 0.474 e. The lowest BCUT2D eigenvalue weighted by Gasteiger charge is -2.27. The molecule has 1 aromatic heterocycles. The maximum absolute atomic E-state index is 5.96. The Balaban J connectivity index is 2.02. The second-order valence-corrected chi connectivity index (χ2v) is 5.24. The molecule has 3 nitrogen and oxygen atoms in total. The molecule has 0 aliphatic heterocycles. The first-order chi connectivity index (χ1) is 8.19. The molecular weight excluding hydrogens is 236 g/mol. The fraction of sp³-hybridized carbons (Fsp3) is 0.615. The second kappa shape index (κ2) is 5.69. The Morgan fingerprint density at radius 1 is 1.53 bits per heavy atom. The zero-order valence-electron chi connectivity index (χ0n) is 10.2. The van der Waals surface area contributed by atoms with Crippen molar-refractivity contribution in [3.63, 3.8) is 0 Å². The fourth-order valence-corrected chi connectivity index (χ4v) is 2.52. The number of hydrogen-bond acceptors (Lipinski definition) is 3. The predicted molar refractivity (Wildman–Crippen MR) is 69.2 cm³/mol. The average Bonchev–Trinajstić information content (AvgIpc) is 2.32. The van der Waals surface area contributed by atoms with Gasteiger partial charge < -0.3 is 10.5 Å². The van der Waals surface area contributed by atoms with E-state index in [1.165, 1.54) is 12.8 Å². The Morgan fingerprint density at radius 3 is 3.06 bits per heavy atom. The summed E-state index contributed by atoms with van der Waals surface area (Å²) in [5.74, 6) is 1.39. The number of nitrogens with zero attached hydrogens (tertiary/aromatic N) is 1. The van der Waals surface area contributed by atoms with E-state index in [0.717, 1.165) is 24.3 Å². The SMILES string of the molecule is CC1CCCC(Oc2cc(CN)c(Cl)cn2)C1. The van der Waals surface area contributed by atoms with Crippen molar-refractivity contribution in [3.05, 3.63) is 22.8 Å². The van der Waals surface area contributed by atoms with E-state index in [4.69, 9.17) is 22.1 Å². The van der Waals surface area contributed by atoms with Crippen LogP contribution < -0.4 is 10.5 Å². The van der Waals surface area contributed by atoms with Gasteiger partial charge in [-0.05, 0) is 30.7 Å². The maximum atomic E-state index is 5.96. The number of nitrogens with two attached hydrogens (primary N) is 1. The highest BCUT2D eigenvalue weighted by molar-refractivity contribution is 6.31. The van der Waals surface area contributed by atoms with Crippen molar-refractivity contribution in [1.82, 2.24) is 4.98 Å². The molecule has 2 atom stereocenters. The molecule has 2 rings (SSSR count). The minimum absolute atomic E-state index is 0.290. The van der Waals surface area contributed by atoms with Crippen molar-refractivity contribution in [1.29, 1.82) is 0 Å². The van der Waals surface area contributed by atoms with E-state index < -0.39 is 0 Å². The molecule has 1 heterocycles. The number of ether oxygens (including phenoxy) is 1. The van der Waals surface area contributed by atoms with Crippen molar-refractivity contribution in [2.24, 2.45) is 11.7 Å². The number of aromatic nitrogens is 1. The normalized spacial score (nSPS) is 24.6. The minimum Gasteiger partial charge on any atom is -0.474 e. The Bertz CT molecular complexity index is 384. The Kier molecular flexibility index (Phi) is 4.24. The summed E-state index contributed by atoms with van der Waals surface area (Å²) in [7, 11) is 0. The van der Waals surface area contributed by atoms with Crippen LogP contribution in [-0.4, -0.2) is 11.1 Å². The lowest BCUT2D eigenvalue weighted by Crippen LogP contribution is -2.24. The van der Waals surface area contributed by atoms with Gasteiger partial charge in [0.2, 0.25) is 5.88 Å². The Morgan fingerprint density at radius 2 is 2.35 bits per heavy atom. The van der Waals surface area contributed by atoms with Crippen LogP contribution in [-0.2, 0) is 6.54 Å². The summed E-state index contributed by atoms with van der Waals surface area (Å²) in [6.45, 7) is 2.69. The van der Waals surface area contributed by atoms with Gasteiger partial charge in [-0.25, -0.2) is 4.98 Å². The molecule has 94 valence electrons. The summed E-state index contributed by atoms with van der Waals surface area (Å²) >= 11 is 5.96. The molecule has 0 saturated heterocycles. The van der Waals surface area contributed by atoms with Crippen LogP contribution in [0.5, 0.6) is 5.88 Å². The van der Waals surface area contributed by atoms with Crippen LogP contribution >= 0.6 is 11.6 Å². The van der Waals surface area contributed by atoms with Gasteiger partial charge in [0.15, 0.2) is 0 Å².